The number of carbonyl (C=O) groups excluding carboxylic acids is 1. The van der Waals surface area contributed by atoms with Crippen molar-refractivity contribution in [3.8, 4) is 0 Å². The van der Waals surface area contributed by atoms with Gasteiger partial charge in [-0.3, -0.25) is 9.48 Å². The van der Waals surface area contributed by atoms with E-state index in [1.165, 1.54) is 4.68 Å². The summed E-state index contributed by atoms with van der Waals surface area (Å²) in [6.45, 7) is 0.805. The highest BCUT2D eigenvalue weighted by molar-refractivity contribution is 5.76. The monoisotopic (exact) mass is 365 g/mol. The van der Waals surface area contributed by atoms with E-state index in [0.717, 1.165) is 24.5 Å². The van der Waals surface area contributed by atoms with Crippen LogP contribution in [-0.4, -0.2) is 22.2 Å². The highest BCUT2D eigenvalue weighted by Gasteiger charge is 2.37. The van der Waals surface area contributed by atoms with Gasteiger partial charge in [0.2, 0.25) is 5.91 Å². The molecule has 0 bridgehead atoms. The van der Waals surface area contributed by atoms with Crippen LogP contribution in [0.3, 0.4) is 0 Å². The van der Waals surface area contributed by atoms with Crippen molar-refractivity contribution < 1.29 is 18.0 Å². The van der Waals surface area contributed by atoms with Gasteiger partial charge < -0.3 is 5.32 Å². The molecule has 7 heteroatoms. The van der Waals surface area contributed by atoms with Crippen LogP contribution < -0.4 is 5.32 Å². The lowest BCUT2D eigenvalue weighted by Crippen LogP contribution is -2.25. The van der Waals surface area contributed by atoms with Crippen LogP contribution in [0.2, 0.25) is 0 Å². The molecule has 1 aliphatic rings. The Morgan fingerprint density at radius 1 is 1.23 bits per heavy atom. The minimum absolute atomic E-state index is 0.0484. The molecule has 140 valence electrons. The summed E-state index contributed by atoms with van der Waals surface area (Å²) in [5.74, 6) is 0.145. The van der Waals surface area contributed by atoms with Crippen molar-refractivity contribution >= 4 is 5.91 Å². The van der Waals surface area contributed by atoms with Crippen LogP contribution in [0.5, 0.6) is 0 Å². The van der Waals surface area contributed by atoms with Crippen molar-refractivity contribution in [2.45, 2.75) is 50.7 Å². The summed E-state index contributed by atoms with van der Waals surface area (Å²) in [5.41, 5.74) is 0.937. The fraction of sp³-hybridized carbons (Fsp3) is 0.474. The Hall–Kier alpha value is -2.31. The molecule has 0 atom stereocenters. The zero-order valence-electron chi connectivity index (χ0n) is 14.4. The molecule has 0 spiro atoms. The van der Waals surface area contributed by atoms with E-state index < -0.39 is 11.9 Å². The zero-order chi connectivity index (χ0) is 18.6. The fourth-order valence-corrected chi connectivity index (χ4v) is 2.90. The number of rotatable bonds is 8. The molecule has 26 heavy (non-hydrogen) atoms. The van der Waals surface area contributed by atoms with Crippen molar-refractivity contribution in [3.63, 3.8) is 0 Å². The summed E-state index contributed by atoms with van der Waals surface area (Å²) in [4.78, 5) is 11.9. The number of hydrogen-bond acceptors (Lipinski definition) is 2. The maximum atomic E-state index is 12.9. The van der Waals surface area contributed by atoms with Crippen LogP contribution in [0.1, 0.15) is 48.6 Å². The fourth-order valence-electron chi connectivity index (χ4n) is 2.90. The summed E-state index contributed by atoms with van der Waals surface area (Å²) in [5, 5.41) is 6.54. The first-order valence-corrected chi connectivity index (χ1v) is 8.89. The van der Waals surface area contributed by atoms with E-state index in [4.69, 9.17) is 0 Å². The van der Waals surface area contributed by atoms with Gasteiger partial charge in [0.15, 0.2) is 5.69 Å². The number of amides is 1. The number of alkyl halides is 3. The second-order valence-electron chi connectivity index (χ2n) is 6.64. The van der Waals surface area contributed by atoms with E-state index in [1.807, 2.05) is 30.3 Å². The number of halogens is 3. The normalized spacial score (nSPS) is 14.4. The van der Waals surface area contributed by atoms with Crippen LogP contribution in [0, 0.1) is 0 Å². The summed E-state index contributed by atoms with van der Waals surface area (Å²) < 4.78 is 40.0. The van der Waals surface area contributed by atoms with Crippen molar-refractivity contribution in [1.29, 1.82) is 0 Å². The van der Waals surface area contributed by atoms with Gasteiger partial charge in [0.05, 0.1) is 0 Å². The third-order valence-corrected chi connectivity index (χ3v) is 4.45. The summed E-state index contributed by atoms with van der Waals surface area (Å²) in [6.07, 6.45) is -0.960. The van der Waals surface area contributed by atoms with E-state index in [-0.39, 0.29) is 11.8 Å². The van der Waals surface area contributed by atoms with E-state index in [1.54, 1.807) is 0 Å². The Balaban J connectivity index is 1.43. The van der Waals surface area contributed by atoms with Gasteiger partial charge in [-0.15, -0.1) is 0 Å². The zero-order valence-corrected chi connectivity index (χ0v) is 14.4. The molecule has 1 aromatic carbocycles. The van der Waals surface area contributed by atoms with Crippen molar-refractivity contribution in [2.24, 2.45) is 0 Å². The third kappa shape index (κ3) is 5.09. The topological polar surface area (TPSA) is 46.9 Å². The van der Waals surface area contributed by atoms with Crippen LogP contribution >= 0.6 is 0 Å². The molecule has 1 aliphatic carbocycles. The van der Waals surface area contributed by atoms with Crippen molar-refractivity contribution in [3.05, 3.63) is 53.3 Å². The van der Waals surface area contributed by atoms with Crippen molar-refractivity contribution in [1.82, 2.24) is 15.1 Å². The standard InChI is InChI=1S/C19H22F3N3O/c20-19(21,22)17-13-16(15-8-9-15)25(24-17)12-4-11-23-18(26)10-7-14-5-2-1-3-6-14/h1-3,5-6,13,15H,4,7-12H2,(H,23,26). The third-order valence-electron chi connectivity index (χ3n) is 4.45. The molecule has 3 rings (SSSR count). The number of nitrogens with zero attached hydrogens (tertiary/aromatic N) is 2. The van der Waals surface area contributed by atoms with E-state index in [0.29, 0.717) is 38.0 Å². The van der Waals surface area contributed by atoms with Gasteiger partial charge in [0.25, 0.3) is 0 Å². The molecule has 0 aliphatic heterocycles. The van der Waals surface area contributed by atoms with Gasteiger partial charge in [0, 0.05) is 31.1 Å². The van der Waals surface area contributed by atoms with Crippen LogP contribution in [-0.2, 0) is 23.9 Å². The number of benzene rings is 1. The highest BCUT2D eigenvalue weighted by Crippen LogP contribution is 2.42. The van der Waals surface area contributed by atoms with E-state index >= 15 is 0 Å². The first-order valence-electron chi connectivity index (χ1n) is 8.89. The molecule has 1 N–H and O–H groups in total. The molecule has 2 aromatic rings. The average Bonchev–Trinajstić information content (AvgIpc) is 3.36. The molecule has 1 fully saturated rings. The molecule has 1 saturated carbocycles. The molecule has 0 radical (unpaired) electrons. The minimum Gasteiger partial charge on any atom is -0.356 e. The van der Waals surface area contributed by atoms with Gasteiger partial charge >= 0.3 is 6.18 Å². The van der Waals surface area contributed by atoms with Crippen LogP contribution in [0.25, 0.3) is 0 Å². The second kappa shape index (κ2) is 7.93. The number of aromatic nitrogens is 2. The maximum Gasteiger partial charge on any atom is 0.435 e. The quantitative estimate of drug-likeness (QED) is 0.721. The average molecular weight is 365 g/mol. The van der Waals surface area contributed by atoms with E-state index in [2.05, 4.69) is 10.4 Å². The Kier molecular flexibility index (Phi) is 5.64. The largest absolute Gasteiger partial charge is 0.435 e. The van der Waals surface area contributed by atoms with Crippen molar-refractivity contribution in [2.75, 3.05) is 6.54 Å². The van der Waals surface area contributed by atoms with Gasteiger partial charge in [-0.25, -0.2) is 0 Å². The summed E-state index contributed by atoms with van der Waals surface area (Å²) in [6, 6.07) is 10.9. The van der Waals surface area contributed by atoms with Crippen LogP contribution in [0.15, 0.2) is 36.4 Å². The molecule has 1 heterocycles. The molecular weight excluding hydrogens is 343 g/mol. The highest BCUT2D eigenvalue weighted by atomic mass is 19.4. The van der Waals surface area contributed by atoms with Crippen LogP contribution in [0.4, 0.5) is 13.2 Å². The number of carbonyl (C=O) groups is 1. The smallest absolute Gasteiger partial charge is 0.356 e. The molecule has 4 nitrogen and oxygen atoms in total. The first kappa shape index (κ1) is 18.5. The van der Waals surface area contributed by atoms with E-state index in [9.17, 15) is 18.0 Å². The van der Waals surface area contributed by atoms with Gasteiger partial charge in [-0.05, 0) is 37.3 Å². The Morgan fingerprint density at radius 2 is 1.96 bits per heavy atom. The molecule has 1 aromatic heterocycles. The molecule has 1 amide bonds. The predicted molar refractivity (Wildman–Crippen MR) is 91.6 cm³/mol. The summed E-state index contributed by atoms with van der Waals surface area (Å²) >= 11 is 0. The molecular formula is C19H22F3N3O. The first-order chi connectivity index (χ1) is 12.4. The minimum atomic E-state index is -4.42. The number of aryl methyl sites for hydroxylation is 2. The lowest BCUT2D eigenvalue weighted by atomic mass is 10.1. The van der Waals surface area contributed by atoms with Gasteiger partial charge in [0.1, 0.15) is 0 Å². The lowest BCUT2D eigenvalue weighted by Gasteiger charge is -2.08. The molecule has 0 unspecified atom stereocenters. The Morgan fingerprint density at radius 3 is 2.62 bits per heavy atom. The Labute approximate surface area is 150 Å². The Bertz CT molecular complexity index is 736. The van der Waals surface area contributed by atoms with Gasteiger partial charge in [-0.1, -0.05) is 30.3 Å². The lowest BCUT2D eigenvalue weighted by molar-refractivity contribution is -0.141. The predicted octanol–water partition coefficient (Wildman–Crippen LogP) is 3.92. The van der Waals surface area contributed by atoms with Gasteiger partial charge in [-0.2, -0.15) is 18.3 Å². The second-order valence-corrected chi connectivity index (χ2v) is 6.64. The SMILES string of the molecule is O=C(CCc1ccccc1)NCCCn1nc(C(F)(F)F)cc1C1CC1. The number of hydrogen-bond donors (Lipinski definition) is 1. The maximum absolute atomic E-state index is 12.9. The number of nitrogens with one attached hydrogen (secondary N) is 1. The molecule has 0 saturated heterocycles. The summed E-state index contributed by atoms with van der Waals surface area (Å²) in [7, 11) is 0.